The lowest BCUT2D eigenvalue weighted by atomic mass is 10.2. The van der Waals surface area contributed by atoms with Gasteiger partial charge >= 0.3 is 0 Å². The minimum Gasteiger partial charge on any atom is -0.313 e. The molecule has 1 N–H and O–H groups in total. The van der Waals surface area contributed by atoms with E-state index in [4.69, 9.17) is 11.6 Å². The fraction of sp³-hybridized carbons (Fsp3) is 0.357. The zero-order valence-electron chi connectivity index (χ0n) is 11.1. The number of hydrogen-bond acceptors (Lipinski definition) is 2. The summed E-state index contributed by atoms with van der Waals surface area (Å²) in [4.78, 5) is 0. The standard InChI is InChI=1S/C14H17ClFN3/c1-3-17-7-11-8-18-19(10(11)2)9-12-13(15)5-4-6-14(12)16/h4-6,8,17H,3,7,9H2,1-2H3. The summed E-state index contributed by atoms with van der Waals surface area (Å²) >= 11 is 6.03. The molecule has 0 amide bonds. The third-order valence-electron chi connectivity index (χ3n) is 3.14. The molecule has 0 spiro atoms. The number of halogens is 2. The van der Waals surface area contributed by atoms with E-state index in [0.717, 1.165) is 24.3 Å². The van der Waals surface area contributed by atoms with E-state index in [1.54, 1.807) is 16.8 Å². The summed E-state index contributed by atoms with van der Waals surface area (Å²) in [6, 6.07) is 4.71. The van der Waals surface area contributed by atoms with Gasteiger partial charge in [0.15, 0.2) is 0 Å². The Bertz CT molecular complexity index is 546. The largest absolute Gasteiger partial charge is 0.313 e. The number of benzene rings is 1. The molecule has 0 bridgehead atoms. The van der Waals surface area contributed by atoms with Gasteiger partial charge in [-0.05, 0) is 25.6 Å². The van der Waals surface area contributed by atoms with E-state index in [1.807, 2.05) is 13.1 Å². The van der Waals surface area contributed by atoms with Crippen molar-refractivity contribution in [2.75, 3.05) is 6.54 Å². The quantitative estimate of drug-likeness (QED) is 0.912. The molecule has 102 valence electrons. The molecule has 0 unspecified atom stereocenters. The van der Waals surface area contributed by atoms with E-state index in [9.17, 15) is 4.39 Å². The Hall–Kier alpha value is -1.39. The van der Waals surface area contributed by atoms with Crippen molar-refractivity contribution in [2.24, 2.45) is 0 Å². The summed E-state index contributed by atoms with van der Waals surface area (Å²) in [6.07, 6.45) is 1.81. The van der Waals surface area contributed by atoms with Gasteiger partial charge in [0.2, 0.25) is 0 Å². The summed E-state index contributed by atoms with van der Waals surface area (Å²) in [5.41, 5.74) is 2.62. The molecular weight excluding hydrogens is 265 g/mol. The van der Waals surface area contributed by atoms with Gasteiger partial charge in [0.1, 0.15) is 5.82 Å². The maximum atomic E-state index is 13.7. The van der Waals surface area contributed by atoms with Gasteiger partial charge in [-0.1, -0.05) is 24.6 Å². The van der Waals surface area contributed by atoms with Crippen molar-refractivity contribution in [3.05, 3.63) is 52.1 Å². The number of nitrogens with zero attached hydrogens (tertiary/aromatic N) is 2. The lowest BCUT2D eigenvalue weighted by molar-refractivity contribution is 0.579. The van der Waals surface area contributed by atoms with Gasteiger partial charge in [0.25, 0.3) is 0 Å². The normalized spacial score (nSPS) is 10.9. The second kappa shape index (κ2) is 6.17. The Morgan fingerprint density at radius 2 is 2.21 bits per heavy atom. The molecular formula is C14H17ClFN3. The lowest BCUT2D eigenvalue weighted by Gasteiger charge is -2.08. The molecule has 1 aromatic carbocycles. The molecule has 2 rings (SSSR count). The molecule has 19 heavy (non-hydrogen) atoms. The van der Waals surface area contributed by atoms with Crippen molar-refractivity contribution >= 4 is 11.6 Å². The van der Waals surface area contributed by atoms with E-state index in [-0.39, 0.29) is 5.82 Å². The Morgan fingerprint density at radius 1 is 1.42 bits per heavy atom. The molecule has 0 fully saturated rings. The van der Waals surface area contributed by atoms with Gasteiger partial charge < -0.3 is 5.32 Å². The van der Waals surface area contributed by atoms with Crippen LogP contribution in [-0.2, 0) is 13.1 Å². The highest BCUT2D eigenvalue weighted by Gasteiger charge is 2.11. The van der Waals surface area contributed by atoms with Gasteiger partial charge in [-0.3, -0.25) is 4.68 Å². The fourth-order valence-electron chi connectivity index (χ4n) is 1.91. The molecule has 0 aliphatic carbocycles. The van der Waals surface area contributed by atoms with E-state index < -0.39 is 0 Å². The van der Waals surface area contributed by atoms with Gasteiger partial charge in [0, 0.05) is 28.4 Å². The molecule has 0 aliphatic rings. The summed E-state index contributed by atoms with van der Waals surface area (Å²) in [5.74, 6) is -0.296. The maximum Gasteiger partial charge on any atom is 0.129 e. The van der Waals surface area contributed by atoms with Crippen molar-refractivity contribution in [3.8, 4) is 0 Å². The van der Waals surface area contributed by atoms with Crippen molar-refractivity contribution in [1.82, 2.24) is 15.1 Å². The maximum absolute atomic E-state index is 13.7. The molecule has 5 heteroatoms. The zero-order valence-corrected chi connectivity index (χ0v) is 11.8. The Labute approximate surface area is 117 Å². The van der Waals surface area contributed by atoms with Crippen LogP contribution in [-0.4, -0.2) is 16.3 Å². The number of rotatable bonds is 5. The van der Waals surface area contributed by atoms with E-state index in [1.165, 1.54) is 6.07 Å². The van der Waals surface area contributed by atoms with E-state index >= 15 is 0 Å². The van der Waals surface area contributed by atoms with Crippen LogP contribution in [0.4, 0.5) is 4.39 Å². The third-order valence-corrected chi connectivity index (χ3v) is 3.49. The van der Waals surface area contributed by atoms with Gasteiger partial charge in [-0.25, -0.2) is 4.39 Å². The smallest absolute Gasteiger partial charge is 0.129 e. The van der Waals surface area contributed by atoms with E-state index in [0.29, 0.717) is 17.1 Å². The number of nitrogens with one attached hydrogen (secondary N) is 1. The van der Waals surface area contributed by atoms with Crippen molar-refractivity contribution in [1.29, 1.82) is 0 Å². The van der Waals surface area contributed by atoms with Crippen LogP contribution in [0.5, 0.6) is 0 Å². The van der Waals surface area contributed by atoms with Crippen molar-refractivity contribution in [2.45, 2.75) is 26.9 Å². The Kier molecular flexibility index (Phi) is 4.56. The van der Waals surface area contributed by atoms with Crippen LogP contribution in [0.1, 0.15) is 23.7 Å². The Morgan fingerprint density at radius 3 is 2.89 bits per heavy atom. The first kappa shape index (κ1) is 14.0. The summed E-state index contributed by atoms with van der Waals surface area (Å²) in [5, 5.41) is 7.98. The summed E-state index contributed by atoms with van der Waals surface area (Å²) < 4.78 is 15.5. The third kappa shape index (κ3) is 3.14. The van der Waals surface area contributed by atoms with Crippen molar-refractivity contribution in [3.63, 3.8) is 0 Å². The van der Waals surface area contributed by atoms with Crippen LogP contribution in [0.15, 0.2) is 24.4 Å². The molecule has 2 aromatic rings. The summed E-state index contributed by atoms with van der Waals surface area (Å²) in [6.45, 7) is 6.06. The SMILES string of the molecule is CCNCc1cnn(Cc2c(F)cccc2Cl)c1C. The van der Waals surface area contributed by atoms with Gasteiger partial charge in [0.05, 0.1) is 12.7 Å². The molecule has 3 nitrogen and oxygen atoms in total. The van der Waals surface area contributed by atoms with Crippen LogP contribution >= 0.6 is 11.6 Å². The predicted octanol–water partition coefficient (Wildman–Crippen LogP) is 3.14. The molecule has 1 aromatic heterocycles. The predicted molar refractivity (Wildman–Crippen MR) is 74.9 cm³/mol. The summed E-state index contributed by atoms with van der Waals surface area (Å²) in [7, 11) is 0. The fourth-order valence-corrected chi connectivity index (χ4v) is 2.13. The highest BCUT2D eigenvalue weighted by atomic mass is 35.5. The van der Waals surface area contributed by atoms with E-state index in [2.05, 4.69) is 17.3 Å². The first-order valence-corrected chi connectivity index (χ1v) is 6.66. The highest BCUT2D eigenvalue weighted by molar-refractivity contribution is 6.31. The lowest BCUT2D eigenvalue weighted by Crippen LogP contribution is -2.13. The Balaban J connectivity index is 2.22. The first-order valence-electron chi connectivity index (χ1n) is 6.28. The molecule has 0 saturated carbocycles. The minimum atomic E-state index is -0.296. The van der Waals surface area contributed by atoms with Gasteiger partial charge in [-0.15, -0.1) is 0 Å². The molecule has 0 atom stereocenters. The van der Waals surface area contributed by atoms with Crippen LogP contribution in [0.2, 0.25) is 5.02 Å². The van der Waals surface area contributed by atoms with Crippen LogP contribution in [0.3, 0.4) is 0 Å². The zero-order chi connectivity index (χ0) is 13.8. The average molecular weight is 282 g/mol. The van der Waals surface area contributed by atoms with Crippen LogP contribution in [0, 0.1) is 12.7 Å². The second-order valence-electron chi connectivity index (χ2n) is 4.39. The highest BCUT2D eigenvalue weighted by Crippen LogP contribution is 2.21. The molecule has 0 aliphatic heterocycles. The van der Waals surface area contributed by atoms with Gasteiger partial charge in [-0.2, -0.15) is 5.10 Å². The average Bonchev–Trinajstić information content (AvgIpc) is 2.73. The molecule has 0 radical (unpaired) electrons. The number of hydrogen-bond donors (Lipinski definition) is 1. The minimum absolute atomic E-state index is 0.296. The molecule has 1 heterocycles. The first-order chi connectivity index (χ1) is 9.13. The van der Waals surface area contributed by atoms with Crippen LogP contribution in [0.25, 0.3) is 0 Å². The van der Waals surface area contributed by atoms with Crippen LogP contribution < -0.4 is 5.32 Å². The molecule has 0 saturated heterocycles. The topological polar surface area (TPSA) is 29.9 Å². The van der Waals surface area contributed by atoms with Crippen molar-refractivity contribution < 1.29 is 4.39 Å². The monoisotopic (exact) mass is 281 g/mol. The second-order valence-corrected chi connectivity index (χ2v) is 4.80. The number of aromatic nitrogens is 2.